The highest BCUT2D eigenvalue weighted by molar-refractivity contribution is 5.68. The lowest BCUT2D eigenvalue weighted by molar-refractivity contribution is 0.0292. The highest BCUT2D eigenvalue weighted by Gasteiger charge is 2.31. The molecule has 1 aliphatic rings. The predicted molar refractivity (Wildman–Crippen MR) is 98.2 cm³/mol. The lowest BCUT2D eigenvalue weighted by atomic mass is 10.2. The fraction of sp³-hybridized carbons (Fsp3) is 0.474. The highest BCUT2D eigenvalue weighted by Crippen LogP contribution is 2.24. The Morgan fingerprint density at radius 3 is 2.60 bits per heavy atom. The molecule has 6 heteroatoms. The topological polar surface area (TPSA) is 50.6 Å². The second-order valence-corrected chi connectivity index (χ2v) is 7.45. The molecule has 1 aromatic heterocycles. The van der Waals surface area contributed by atoms with Gasteiger partial charge in [0, 0.05) is 44.3 Å². The molecule has 1 unspecified atom stereocenters. The number of likely N-dealkylation sites (N-methyl/N-ethyl adjacent to an activating group) is 1. The van der Waals surface area contributed by atoms with Crippen LogP contribution in [0.25, 0.3) is 5.69 Å². The molecule has 1 amide bonds. The Morgan fingerprint density at radius 1 is 1.28 bits per heavy atom. The third-order valence-electron chi connectivity index (χ3n) is 4.39. The van der Waals surface area contributed by atoms with E-state index in [-0.39, 0.29) is 6.09 Å². The fourth-order valence-electron chi connectivity index (χ4n) is 3.02. The maximum absolute atomic E-state index is 12.2. The number of likely N-dealkylation sites (tertiary alicyclic amines) is 1. The number of carbonyl (C=O) groups excluding carboxylic acids is 1. The van der Waals surface area contributed by atoms with Crippen LogP contribution in [-0.4, -0.2) is 52.6 Å². The molecule has 134 valence electrons. The third kappa shape index (κ3) is 4.13. The Bertz CT molecular complexity index is 704. The minimum Gasteiger partial charge on any atom is -0.444 e. The van der Waals surface area contributed by atoms with Crippen molar-refractivity contribution in [3.8, 4) is 5.69 Å². The molecule has 1 fully saturated rings. The summed E-state index contributed by atoms with van der Waals surface area (Å²) in [6.07, 6.45) is 4.41. The van der Waals surface area contributed by atoms with Crippen LogP contribution in [0, 0.1) is 0 Å². The molecule has 1 saturated heterocycles. The maximum atomic E-state index is 12.2. The highest BCUT2D eigenvalue weighted by atomic mass is 16.6. The molecule has 0 radical (unpaired) electrons. The van der Waals surface area contributed by atoms with Crippen molar-refractivity contribution >= 4 is 11.8 Å². The van der Waals surface area contributed by atoms with Crippen LogP contribution >= 0.6 is 0 Å². The number of anilines is 1. The lowest BCUT2D eigenvalue weighted by Gasteiger charge is -2.28. The molecule has 25 heavy (non-hydrogen) atoms. The summed E-state index contributed by atoms with van der Waals surface area (Å²) in [6, 6.07) is 10.5. The van der Waals surface area contributed by atoms with E-state index in [0.717, 1.165) is 24.3 Å². The van der Waals surface area contributed by atoms with Gasteiger partial charge in [-0.1, -0.05) is 0 Å². The molecule has 0 bridgehead atoms. The molecule has 0 saturated carbocycles. The largest absolute Gasteiger partial charge is 0.444 e. The number of amides is 1. The van der Waals surface area contributed by atoms with Crippen LogP contribution in [0.3, 0.4) is 0 Å². The minimum atomic E-state index is -0.455. The van der Waals surface area contributed by atoms with E-state index in [1.165, 1.54) is 0 Å². The molecule has 0 spiro atoms. The van der Waals surface area contributed by atoms with Crippen LogP contribution in [0.2, 0.25) is 0 Å². The SMILES string of the molecule is CN(c1ccc(-n2cccn2)cc1)C1CCN(C(=O)OC(C)(C)C)C1. The monoisotopic (exact) mass is 342 g/mol. The number of carbonyl (C=O) groups is 1. The van der Waals surface area contributed by atoms with Crippen molar-refractivity contribution in [3.63, 3.8) is 0 Å². The zero-order valence-corrected chi connectivity index (χ0v) is 15.3. The summed E-state index contributed by atoms with van der Waals surface area (Å²) in [6.45, 7) is 7.10. The zero-order chi connectivity index (χ0) is 18.0. The number of rotatable bonds is 3. The zero-order valence-electron chi connectivity index (χ0n) is 15.3. The van der Waals surface area contributed by atoms with Gasteiger partial charge in [0.25, 0.3) is 0 Å². The summed E-state index contributed by atoms with van der Waals surface area (Å²) in [4.78, 5) is 16.2. The summed E-state index contributed by atoms with van der Waals surface area (Å²) in [7, 11) is 2.08. The van der Waals surface area contributed by atoms with Crippen molar-refractivity contribution in [2.24, 2.45) is 0 Å². The molecule has 6 nitrogen and oxygen atoms in total. The van der Waals surface area contributed by atoms with Crippen LogP contribution in [0.5, 0.6) is 0 Å². The van der Waals surface area contributed by atoms with E-state index < -0.39 is 5.60 Å². The van der Waals surface area contributed by atoms with Gasteiger partial charge in [-0.25, -0.2) is 9.48 Å². The van der Waals surface area contributed by atoms with Crippen LogP contribution in [0.1, 0.15) is 27.2 Å². The number of hydrogen-bond acceptors (Lipinski definition) is 4. The standard InChI is InChI=1S/C19H26N4O2/c1-19(2,3)25-18(24)22-13-10-17(14-22)21(4)15-6-8-16(9-7-15)23-12-5-11-20-23/h5-9,11-12,17H,10,13-14H2,1-4H3. The van der Waals surface area contributed by atoms with Crippen molar-refractivity contribution in [2.45, 2.75) is 38.8 Å². The van der Waals surface area contributed by atoms with Gasteiger partial charge in [-0.15, -0.1) is 0 Å². The van der Waals surface area contributed by atoms with E-state index in [0.29, 0.717) is 12.6 Å². The van der Waals surface area contributed by atoms with Gasteiger partial charge in [-0.2, -0.15) is 5.10 Å². The summed E-state index contributed by atoms with van der Waals surface area (Å²) in [5, 5.41) is 4.24. The Morgan fingerprint density at radius 2 is 2.00 bits per heavy atom. The van der Waals surface area contributed by atoms with Crippen molar-refractivity contribution in [3.05, 3.63) is 42.7 Å². The van der Waals surface area contributed by atoms with E-state index in [4.69, 9.17) is 4.74 Å². The van der Waals surface area contributed by atoms with Gasteiger partial charge in [-0.3, -0.25) is 0 Å². The van der Waals surface area contributed by atoms with Gasteiger partial charge in [0.15, 0.2) is 0 Å². The average molecular weight is 342 g/mol. The lowest BCUT2D eigenvalue weighted by Crippen LogP contribution is -2.39. The van der Waals surface area contributed by atoms with Crippen molar-refractivity contribution < 1.29 is 9.53 Å². The molecular weight excluding hydrogens is 316 g/mol. The number of aromatic nitrogens is 2. The van der Waals surface area contributed by atoms with Gasteiger partial charge in [-0.05, 0) is 57.5 Å². The number of benzene rings is 1. The minimum absolute atomic E-state index is 0.225. The molecule has 1 aromatic carbocycles. The summed E-state index contributed by atoms with van der Waals surface area (Å²) in [5.41, 5.74) is 1.71. The first kappa shape index (κ1) is 17.3. The number of hydrogen-bond donors (Lipinski definition) is 0. The van der Waals surface area contributed by atoms with E-state index in [1.807, 2.05) is 37.7 Å². The van der Waals surface area contributed by atoms with Crippen molar-refractivity contribution in [2.75, 3.05) is 25.0 Å². The van der Waals surface area contributed by atoms with Gasteiger partial charge >= 0.3 is 6.09 Å². The Kier molecular flexibility index (Phi) is 4.70. The van der Waals surface area contributed by atoms with E-state index in [1.54, 1.807) is 11.1 Å². The summed E-state index contributed by atoms with van der Waals surface area (Å²) in [5.74, 6) is 0. The Balaban J connectivity index is 1.62. The molecule has 0 N–H and O–H groups in total. The van der Waals surface area contributed by atoms with Crippen LogP contribution < -0.4 is 4.90 Å². The second kappa shape index (κ2) is 6.78. The maximum Gasteiger partial charge on any atom is 0.410 e. The van der Waals surface area contributed by atoms with Crippen molar-refractivity contribution in [1.29, 1.82) is 0 Å². The van der Waals surface area contributed by atoms with Gasteiger partial charge in [0.1, 0.15) is 5.60 Å². The van der Waals surface area contributed by atoms with E-state index in [9.17, 15) is 4.79 Å². The Labute approximate surface area is 149 Å². The molecule has 1 atom stereocenters. The second-order valence-electron chi connectivity index (χ2n) is 7.45. The van der Waals surface area contributed by atoms with Crippen LogP contribution in [0.15, 0.2) is 42.7 Å². The Hall–Kier alpha value is -2.50. The van der Waals surface area contributed by atoms with Gasteiger partial charge < -0.3 is 14.5 Å². The van der Waals surface area contributed by atoms with E-state index in [2.05, 4.69) is 41.3 Å². The predicted octanol–water partition coefficient (Wildman–Crippen LogP) is 3.32. The van der Waals surface area contributed by atoms with Gasteiger partial charge in [0.05, 0.1) is 5.69 Å². The molecule has 1 aliphatic heterocycles. The van der Waals surface area contributed by atoms with Crippen LogP contribution in [0.4, 0.5) is 10.5 Å². The first-order valence-electron chi connectivity index (χ1n) is 8.64. The van der Waals surface area contributed by atoms with Crippen LogP contribution in [-0.2, 0) is 4.74 Å². The smallest absolute Gasteiger partial charge is 0.410 e. The summed E-state index contributed by atoms with van der Waals surface area (Å²) >= 11 is 0. The molecule has 3 rings (SSSR count). The molecular formula is C19H26N4O2. The molecule has 2 heterocycles. The quantitative estimate of drug-likeness (QED) is 0.859. The molecule has 0 aliphatic carbocycles. The molecule has 2 aromatic rings. The number of nitrogens with zero attached hydrogens (tertiary/aromatic N) is 4. The van der Waals surface area contributed by atoms with E-state index >= 15 is 0 Å². The van der Waals surface area contributed by atoms with Crippen molar-refractivity contribution in [1.82, 2.24) is 14.7 Å². The third-order valence-corrected chi connectivity index (χ3v) is 4.39. The first-order chi connectivity index (χ1) is 11.8. The fourth-order valence-corrected chi connectivity index (χ4v) is 3.02. The van der Waals surface area contributed by atoms with Gasteiger partial charge in [0.2, 0.25) is 0 Å². The normalized spacial score (nSPS) is 17.6. The average Bonchev–Trinajstić information content (AvgIpc) is 3.24. The summed E-state index contributed by atoms with van der Waals surface area (Å²) < 4.78 is 7.31. The first-order valence-corrected chi connectivity index (χ1v) is 8.64. The number of ether oxygens (including phenoxy) is 1.